The average Bonchev–Trinajstić information content (AvgIpc) is 3.38. The van der Waals surface area contributed by atoms with E-state index in [0.717, 1.165) is 23.1 Å². The molecule has 1 aromatic heterocycles. The topological polar surface area (TPSA) is 57.6 Å². The summed E-state index contributed by atoms with van der Waals surface area (Å²) in [6, 6.07) is 10.7. The molecule has 2 heterocycles. The van der Waals surface area contributed by atoms with Gasteiger partial charge < -0.3 is 10.0 Å². The van der Waals surface area contributed by atoms with Crippen LogP contribution < -0.4 is 0 Å². The van der Waals surface area contributed by atoms with Crippen LogP contribution in [-0.2, 0) is 22.3 Å². The van der Waals surface area contributed by atoms with E-state index in [0.29, 0.717) is 4.88 Å². The Bertz CT molecular complexity index is 1260. The monoisotopic (exact) mass is 475 g/mol. The summed E-state index contributed by atoms with van der Waals surface area (Å²) in [5.74, 6) is -2.86. The second kappa shape index (κ2) is 8.47. The lowest BCUT2D eigenvalue weighted by Crippen LogP contribution is -2.29. The van der Waals surface area contributed by atoms with Gasteiger partial charge in [-0.15, -0.1) is 11.3 Å². The standard InChI is InChI=1S/C24H17F4NO3S/c1-13-10-15(7-8-17(13)25)21(30)19-20(18-6-3-9-33-18)29(23(32)22(19)31)12-14-4-2-5-16(11-14)24(26,27)28/h2-11,20,30H,12H2,1H3/b21-19-. The van der Waals surface area contributed by atoms with Gasteiger partial charge in [-0.2, -0.15) is 13.2 Å². The summed E-state index contributed by atoms with van der Waals surface area (Å²) in [4.78, 5) is 27.6. The number of aliphatic hydroxyl groups is 1. The number of thiophene rings is 1. The first-order valence-corrected chi connectivity index (χ1v) is 10.7. The van der Waals surface area contributed by atoms with E-state index in [-0.39, 0.29) is 28.8 Å². The van der Waals surface area contributed by atoms with Crippen molar-refractivity contribution in [1.29, 1.82) is 0 Å². The van der Waals surface area contributed by atoms with E-state index in [4.69, 9.17) is 0 Å². The molecule has 0 radical (unpaired) electrons. The van der Waals surface area contributed by atoms with Gasteiger partial charge in [0.1, 0.15) is 11.6 Å². The van der Waals surface area contributed by atoms with Crippen LogP contribution in [0.2, 0.25) is 0 Å². The predicted molar refractivity (Wildman–Crippen MR) is 115 cm³/mol. The summed E-state index contributed by atoms with van der Waals surface area (Å²) in [6.07, 6.45) is -4.56. The molecule has 3 aromatic rings. The second-order valence-electron chi connectivity index (χ2n) is 7.60. The maximum atomic E-state index is 13.7. The van der Waals surface area contributed by atoms with Crippen molar-refractivity contribution in [3.63, 3.8) is 0 Å². The lowest BCUT2D eigenvalue weighted by atomic mass is 9.98. The minimum atomic E-state index is -4.56. The van der Waals surface area contributed by atoms with E-state index in [1.54, 1.807) is 17.5 Å². The lowest BCUT2D eigenvalue weighted by Gasteiger charge is -2.24. The van der Waals surface area contributed by atoms with Gasteiger partial charge in [0, 0.05) is 17.0 Å². The zero-order chi connectivity index (χ0) is 23.9. The third-order valence-corrected chi connectivity index (χ3v) is 6.32. The molecule has 9 heteroatoms. The molecule has 0 aliphatic carbocycles. The van der Waals surface area contributed by atoms with Crippen molar-refractivity contribution in [1.82, 2.24) is 4.90 Å². The first-order chi connectivity index (χ1) is 15.6. The summed E-state index contributed by atoms with van der Waals surface area (Å²) >= 11 is 1.24. The minimum absolute atomic E-state index is 0.160. The lowest BCUT2D eigenvalue weighted by molar-refractivity contribution is -0.140. The molecule has 170 valence electrons. The number of hydrogen-bond donors (Lipinski definition) is 1. The van der Waals surface area contributed by atoms with Crippen LogP contribution in [0.25, 0.3) is 5.76 Å². The van der Waals surface area contributed by atoms with Crippen molar-refractivity contribution in [2.24, 2.45) is 0 Å². The smallest absolute Gasteiger partial charge is 0.416 e. The van der Waals surface area contributed by atoms with Crippen LogP contribution in [0.15, 0.2) is 65.6 Å². The molecule has 33 heavy (non-hydrogen) atoms. The number of alkyl halides is 3. The van der Waals surface area contributed by atoms with Gasteiger partial charge in [-0.3, -0.25) is 9.59 Å². The normalized spacial score (nSPS) is 18.2. The molecule has 1 fully saturated rings. The van der Waals surface area contributed by atoms with E-state index < -0.39 is 41.0 Å². The van der Waals surface area contributed by atoms with Crippen LogP contribution >= 0.6 is 11.3 Å². The number of hydrogen-bond acceptors (Lipinski definition) is 4. The van der Waals surface area contributed by atoms with E-state index in [1.807, 2.05) is 0 Å². The maximum absolute atomic E-state index is 13.7. The van der Waals surface area contributed by atoms with Crippen LogP contribution in [0.5, 0.6) is 0 Å². The fourth-order valence-electron chi connectivity index (χ4n) is 3.78. The molecule has 1 unspecified atom stereocenters. The van der Waals surface area contributed by atoms with Crippen LogP contribution in [0, 0.1) is 12.7 Å². The molecule has 4 rings (SSSR count). The first kappa shape index (κ1) is 22.7. The van der Waals surface area contributed by atoms with Crippen LogP contribution in [-0.4, -0.2) is 21.7 Å². The quantitative estimate of drug-likeness (QED) is 0.223. The molecule has 1 atom stereocenters. The van der Waals surface area contributed by atoms with E-state index in [2.05, 4.69) is 0 Å². The number of Topliss-reactive ketones (excluding diaryl/α,β-unsaturated/α-hetero) is 1. The number of rotatable bonds is 4. The SMILES string of the molecule is Cc1cc(/C(O)=C2/C(=O)C(=O)N(Cc3cccc(C(F)(F)F)c3)C2c2cccs2)ccc1F. The maximum Gasteiger partial charge on any atom is 0.416 e. The number of aryl methyl sites for hydroxylation is 1. The molecule has 1 N–H and O–H groups in total. The Hall–Kier alpha value is -3.46. The fourth-order valence-corrected chi connectivity index (χ4v) is 4.62. The zero-order valence-electron chi connectivity index (χ0n) is 17.2. The molecule has 1 saturated heterocycles. The van der Waals surface area contributed by atoms with Gasteiger partial charge >= 0.3 is 6.18 Å². The zero-order valence-corrected chi connectivity index (χ0v) is 18.0. The Morgan fingerprint density at radius 2 is 1.85 bits per heavy atom. The average molecular weight is 475 g/mol. The summed E-state index contributed by atoms with van der Waals surface area (Å²) < 4.78 is 53.1. The summed E-state index contributed by atoms with van der Waals surface area (Å²) in [6.45, 7) is 1.23. The third-order valence-electron chi connectivity index (χ3n) is 5.39. The Kier molecular flexibility index (Phi) is 5.84. The summed E-state index contributed by atoms with van der Waals surface area (Å²) in [5.41, 5.74) is -0.477. The molecule has 1 aliphatic heterocycles. The number of carbonyl (C=O) groups is 2. The highest BCUT2D eigenvalue weighted by atomic mass is 32.1. The highest BCUT2D eigenvalue weighted by Gasteiger charge is 2.46. The molecular weight excluding hydrogens is 458 g/mol. The molecule has 4 nitrogen and oxygen atoms in total. The van der Waals surface area contributed by atoms with Gasteiger partial charge in [-0.05, 0) is 59.8 Å². The Morgan fingerprint density at radius 3 is 2.48 bits per heavy atom. The summed E-state index contributed by atoms with van der Waals surface area (Å²) in [7, 11) is 0. The second-order valence-corrected chi connectivity index (χ2v) is 8.58. The number of nitrogens with zero attached hydrogens (tertiary/aromatic N) is 1. The van der Waals surface area contributed by atoms with Gasteiger partial charge in [0.2, 0.25) is 0 Å². The highest BCUT2D eigenvalue weighted by Crippen LogP contribution is 2.42. The van der Waals surface area contributed by atoms with Crippen LogP contribution in [0.4, 0.5) is 17.6 Å². The number of aliphatic hydroxyl groups excluding tert-OH is 1. The number of halogens is 4. The first-order valence-electron chi connectivity index (χ1n) is 9.82. The van der Waals surface area contributed by atoms with Gasteiger partial charge in [-0.25, -0.2) is 4.39 Å². The predicted octanol–water partition coefficient (Wildman–Crippen LogP) is 5.84. The number of carbonyl (C=O) groups excluding carboxylic acids is 2. The Balaban J connectivity index is 1.81. The highest BCUT2D eigenvalue weighted by molar-refractivity contribution is 7.10. The number of amides is 1. The molecule has 2 aromatic carbocycles. The van der Waals surface area contributed by atoms with Gasteiger partial charge in [-0.1, -0.05) is 18.2 Å². The Morgan fingerprint density at radius 1 is 1.09 bits per heavy atom. The molecule has 1 amide bonds. The number of benzene rings is 2. The van der Waals surface area contributed by atoms with Crippen molar-refractivity contribution in [2.75, 3.05) is 0 Å². The summed E-state index contributed by atoms with van der Waals surface area (Å²) in [5, 5.41) is 12.7. The number of ketones is 1. The molecule has 0 saturated carbocycles. The van der Waals surface area contributed by atoms with E-state index in [9.17, 15) is 32.3 Å². The van der Waals surface area contributed by atoms with Crippen molar-refractivity contribution in [2.45, 2.75) is 25.7 Å². The van der Waals surface area contributed by atoms with Gasteiger partial charge in [0.25, 0.3) is 11.7 Å². The van der Waals surface area contributed by atoms with Gasteiger partial charge in [0.05, 0.1) is 17.2 Å². The molecule has 0 spiro atoms. The van der Waals surface area contributed by atoms with Crippen molar-refractivity contribution in [3.05, 3.63) is 98.5 Å². The molecule has 0 bridgehead atoms. The number of likely N-dealkylation sites (tertiary alicyclic amines) is 1. The van der Waals surface area contributed by atoms with E-state index in [1.165, 1.54) is 42.5 Å². The molecular formula is C24H17F4NO3S. The van der Waals surface area contributed by atoms with Crippen molar-refractivity contribution < 1.29 is 32.3 Å². The van der Waals surface area contributed by atoms with Gasteiger partial charge in [0.15, 0.2) is 0 Å². The molecule has 1 aliphatic rings. The van der Waals surface area contributed by atoms with Crippen molar-refractivity contribution in [3.8, 4) is 0 Å². The van der Waals surface area contributed by atoms with Crippen molar-refractivity contribution >= 4 is 28.8 Å². The Labute approximate surface area is 190 Å². The van der Waals surface area contributed by atoms with Crippen LogP contribution in [0.3, 0.4) is 0 Å². The van der Waals surface area contributed by atoms with E-state index >= 15 is 0 Å². The van der Waals surface area contributed by atoms with Crippen LogP contribution in [0.1, 0.15) is 33.2 Å². The largest absolute Gasteiger partial charge is 0.507 e. The third kappa shape index (κ3) is 4.28. The minimum Gasteiger partial charge on any atom is -0.507 e. The fraction of sp³-hybridized carbons (Fsp3) is 0.167.